The van der Waals surface area contributed by atoms with Crippen LogP contribution in [0.2, 0.25) is 10.0 Å². The molecule has 0 N–H and O–H groups in total. The SMILES string of the molecule is [O-][S+](/C=C/c1ncccc1Cl)c1ccccc1Cl. The van der Waals surface area contributed by atoms with E-state index in [-0.39, 0.29) is 0 Å². The van der Waals surface area contributed by atoms with Gasteiger partial charge in [0.25, 0.3) is 0 Å². The number of halogens is 2. The van der Waals surface area contributed by atoms with E-state index in [0.29, 0.717) is 20.6 Å². The molecular formula is C13H9Cl2NOS. The van der Waals surface area contributed by atoms with Crippen LogP contribution < -0.4 is 0 Å². The highest BCUT2D eigenvalue weighted by Crippen LogP contribution is 2.23. The first-order valence-corrected chi connectivity index (χ1v) is 7.09. The normalized spacial score (nSPS) is 12.8. The Kier molecular flexibility index (Phi) is 4.66. The van der Waals surface area contributed by atoms with Gasteiger partial charge >= 0.3 is 0 Å². The first kappa shape index (κ1) is 13.4. The second-order valence-corrected chi connectivity index (χ2v) is 5.52. The van der Waals surface area contributed by atoms with Crippen LogP contribution in [0.5, 0.6) is 0 Å². The molecule has 0 amide bonds. The zero-order valence-corrected chi connectivity index (χ0v) is 11.5. The van der Waals surface area contributed by atoms with Crippen molar-refractivity contribution in [3.8, 4) is 0 Å². The molecule has 0 aliphatic carbocycles. The van der Waals surface area contributed by atoms with Crippen LogP contribution >= 0.6 is 23.2 Å². The number of benzene rings is 1. The van der Waals surface area contributed by atoms with E-state index < -0.39 is 11.2 Å². The largest absolute Gasteiger partial charge is 0.607 e. The smallest absolute Gasteiger partial charge is 0.176 e. The molecule has 18 heavy (non-hydrogen) atoms. The van der Waals surface area contributed by atoms with Crippen molar-refractivity contribution in [3.63, 3.8) is 0 Å². The van der Waals surface area contributed by atoms with Crippen LogP contribution in [0, 0.1) is 0 Å². The zero-order chi connectivity index (χ0) is 13.0. The van der Waals surface area contributed by atoms with Gasteiger partial charge in [0.15, 0.2) is 4.90 Å². The lowest BCUT2D eigenvalue weighted by Gasteiger charge is -2.06. The van der Waals surface area contributed by atoms with Gasteiger partial charge < -0.3 is 4.55 Å². The molecule has 1 aromatic carbocycles. The first-order valence-electron chi connectivity index (χ1n) is 5.12. The highest BCUT2D eigenvalue weighted by molar-refractivity contribution is 7.94. The maximum Gasteiger partial charge on any atom is 0.176 e. The van der Waals surface area contributed by atoms with Crippen molar-refractivity contribution in [2.75, 3.05) is 0 Å². The highest BCUT2D eigenvalue weighted by Gasteiger charge is 2.11. The van der Waals surface area contributed by atoms with Crippen LogP contribution in [0.15, 0.2) is 52.9 Å². The lowest BCUT2D eigenvalue weighted by molar-refractivity contribution is 0.604. The van der Waals surface area contributed by atoms with E-state index in [2.05, 4.69) is 4.98 Å². The van der Waals surface area contributed by atoms with Gasteiger partial charge in [-0.3, -0.25) is 4.98 Å². The van der Waals surface area contributed by atoms with Gasteiger partial charge in [-0.05, 0) is 24.3 Å². The van der Waals surface area contributed by atoms with Crippen molar-refractivity contribution in [1.29, 1.82) is 0 Å². The summed E-state index contributed by atoms with van der Waals surface area (Å²) in [7, 11) is 0. The molecule has 0 spiro atoms. The number of rotatable bonds is 3. The third kappa shape index (κ3) is 3.27. The van der Waals surface area contributed by atoms with Gasteiger partial charge in [0.1, 0.15) is 5.41 Å². The van der Waals surface area contributed by atoms with E-state index in [1.807, 2.05) is 0 Å². The number of hydrogen-bond donors (Lipinski definition) is 0. The quantitative estimate of drug-likeness (QED) is 0.797. The lowest BCUT2D eigenvalue weighted by atomic mass is 10.3. The molecule has 1 heterocycles. The van der Waals surface area contributed by atoms with Crippen LogP contribution in [0.4, 0.5) is 0 Å². The molecule has 2 aromatic rings. The molecule has 92 valence electrons. The van der Waals surface area contributed by atoms with Crippen molar-refractivity contribution in [2.24, 2.45) is 0 Å². The Morgan fingerprint density at radius 2 is 1.78 bits per heavy atom. The third-order valence-electron chi connectivity index (χ3n) is 2.19. The minimum atomic E-state index is -1.31. The van der Waals surface area contributed by atoms with E-state index in [4.69, 9.17) is 23.2 Å². The Hall–Kier alpha value is -1.00. The van der Waals surface area contributed by atoms with Gasteiger partial charge in [0.2, 0.25) is 0 Å². The first-order chi connectivity index (χ1) is 8.68. The van der Waals surface area contributed by atoms with Gasteiger partial charge in [-0.15, -0.1) is 0 Å². The number of aromatic nitrogens is 1. The second kappa shape index (κ2) is 6.25. The highest BCUT2D eigenvalue weighted by atomic mass is 35.5. The summed E-state index contributed by atoms with van der Waals surface area (Å²) >= 11 is 10.6. The molecular weight excluding hydrogens is 289 g/mol. The molecule has 5 heteroatoms. The van der Waals surface area contributed by atoms with Gasteiger partial charge in [-0.1, -0.05) is 35.3 Å². The molecule has 1 unspecified atom stereocenters. The van der Waals surface area contributed by atoms with Crippen molar-refractivity contribution >= 4 is 40.5 Å². The van der Waals surface area contributed by atoms with Gasteiger partial charge in [0.05, 0.1) is 15.7 Å². The summed E-state index contributed by atoms with van der Waals surface area (Å²) in [5.74, 6) is 0. The van der Waals surface area contributed by atoms with Crippen molar-refractivity contribution < 1.29 is 4.55 Å². The van der Waals surface area contributed by atoms with Crippen LogP contribution in [0.3, 0.4) is 0 Å². The van der Waals surface area contributed by atoms with E-state index in [1.54, 1.807) is 48.7 Å². The minimum Gasteiger partial charge on any atom is -0.607 e. The van der Waals surface area contributed by atoms with E-state index in [1.165, 1.54) is 5.41 Å². The summed E-state index contributed by atoms with van der Waals surface area (Å²) < 4.78 is 12.0. The number of hydrogen-bond acceptors (Lipinski definition) is 2. The summed E-state index contributed by atoms with van der Waals surface area (Å²) in [5.41, 5.74) is 0.583. The third-order valence-corrected chi connectivity index (χ3v) is 4.12. The maximum atomic E-state index is 12.0. The predicted molar refractivity (Wildman–Crippen MR) is 76.1 cm³/mol. The Bertz CT molecular complexity index is 574. The second-order valence-electron chi connectivity index (χ2n) is 3.40. The average Bonchev–Trinajstić information content (AvgIpc) is 2.38. The molecule has 0 aliphatic rings. The number of pyridine rings is 1. The summed E-state index contributed by atoms with van der Waals surface area (Å²) in [5, 5.41) is 2.52. The van der Waals surface area contributed by atoms with Gasteiger partial charge in [0, 0.05) is 23.4 Å². The Labute approximate surface area is 118 Å². The fourth-order valence-electron chi connectivity index (χ4n) is 1.33. The monoisotopic (exact) mass is 297 g/mol. The van der Waals surface area contributed by atoms with E-state index >= 15 is 0 Å². The minimum absolute atomic E-state index is 0.479. The fraction of sp³-hybridized carbons (Fsp3) is 0. The van der Waals surface area contributed by atoms with Crippen LogP contribution in [0.25, 0.3) is 6.08 Å². The van der Waals surface area contributed by atoms with Crippen molar-refractivity contribution in [2.45, 2.75) is 4.90 Å². The molecule has 0 radical (unpaired) electrons. The van der Waals surface area contributed by atoms with E-state index in [9.17, 15) is 4.55 Å². The molecule has 0 aliphatic heterocycles. The molecule has 0 saturated heterocycles. The number of nitrogens with zero attached hydrogens (tertiary/aromatic N) is 1. The van der Waals surface area contributed by atoms with Gasteiger partial charge in [-0.2, -0.15) is 0 Å². The van der Waals surface area contributed by atoms with Crippen LogP contribution in [-0.2, 0) is 11.2 Å². The standard InChI is InChI=1S/C13H9Cl2NOS/c14-10-5-3-8-16-12(10)7-9-18(17)13-6-2-1-4-11(13)15/h1-9H/b9-7+. The summed E-state index contributed by atoms with van der Waals surface area (Å²) in [6.45, 7) is 0. The fourth-order valence-corrected chi connectivity index (χ4v) is 2.75. The molecule has 0 fully saturated rings. The van der Waals surface area contributed by atoms with Crippen molar-refractivity contribution in [3.05, 3.63) is 63.7 Å². The Morgan fingerprint density at radius 3 is 2.50 bits per heavy atom. The van der Waals surface area contributed by atoms with E-state index in [0.717, 1.165) is 0 Å². The Balaban J connectivity index is 2.20. The predicted octanol–water partition coefficient (Wildman–Crippen LogP) is 4.17. The maximum absolute atomic E-state index is 12.0. The molecule has 0 bridgehead atoms. The topological polar surface area (TPSA) is 36.0 Å². The van der Waals surface area contributed by atoms with Gasteiger partial charge in [-0.25, -0.2) is 0 Å². The van der Waals surface area contributed by atoms with Crippen LogP contribution in [-0.4, -0.2) is 9.54 Å². The van der Waals surface area contributed by atoms with Crippen molar-refractivity contribution in [1.82, 2.24) is 4.98 Å². The summed E-state index contributed by atoms with van der Waals surface area (Å²) in [4.78, 5) is 4.65. The average molecular weight is 298 g/mol. The molecule has 1 aromatic heterocycles. The lowest BCUT2D eigenvalue weighted by Crippen LogP contribution is -1.97. The zero-order valence-electron chi connectivity index (χ0n) is 9.22. The summed E-state index contributed by atoms with van der Waals surface area (Å²) in [6, 6.07) is 10.5. The Morgan fingerprint density at radius 1 is 1.06 bits per heavy atom. The molecule has 2 rings (SSSR count). The molecule has 1 atom stereocenters. The van der Waals surface area contributed by atoms with Crippen LogP contribution in [0.1, 0.15) is 5.69 Å². The molecule has 0 saturated carbocycles. The summed E-state index contributed by atoms with van der Waals surface area (Å²) in [6.07, 6.45) is 3.26. The molecule has 2 nitrogen and oxygen atoms in total.